The standard InChI is InChI=1S/C26H23F4N5O3/c1-3-21(16-5-7-17(8-6-16)26(28,29)30)32-25-33-22-10-11-34(14-19(22)24(37)35(25)38-2)23(36)18-9-4-15(13-31)12-20(18)27/h4-9,12,21H,3,10-11,14H2,1-2H3,(H,32,33). The number of alkyl halides is 3. The molecule has 2 aromatic carbocycles. The van der Waals surface area contributed by atoms with Crippen LogP contribution in [0.5, 0.6) is 0 Å². The second kappa shape index (κ2) is 10.5. The third-order valence-electron chi connectivity index (χ3n) is 6.34. The van der Waals surface area contributed by atoms with Crippen LogP contribution < -0.4 is 15.7 Å². The molecule has 0 radical (unpaired) electrons. The van der Waals surface area contributed by atoms with Gasteiger partial charge in [-0.15, -0.1) is 4.73 Å². The lowest BCUT2D eigenvalue weighted by molar-refractivity contribution is -0.137. The molecule has 1 amide bonds. The summed E-state index contributed by atoms with van der Waals surface area (Å²) >= 11 is 0. The summed E-state index contributed by atoms with van der Waals surface area (Å²) in [5.41, 5.74) is -0.274. The highest BCUT2D eigenvalue weighted by atomic mass is 19.4. The van der Waals surface area contributed by atoms with Crippen molar-refractivity contribution < 1.29 is 27.2 Å². The van der Waals surface area contributed by atoms with Gasteiger partial charge in [0, 0.05) is 13.0 Å². The van der Waals surface area contributed by atoms with E-state index in [2.05, 4.69) is 10.3 Å². The van der Waals surface area contributed by atoms with Crippen LogP contribution in [-0.4, -0.2) is 34.2 Å². The number of fused-ring (bicyclic) bond motifs is 1. The smallest absolute Gasteiger partial charge is 0.411 e. The SMILES string of the molecule is CCC(Nc1nc2c(c(=O)n1OC)CN(C(=O)c1ccc(C#N)cc1F)CC2)c1ccc(C(F)(F)F)cc1. The molecule has 0 fully saturated rings. The number of rotatable bonds is 6. The summed E-state index contributed by atoms with van der Waals surface area (Å²) < 4.78 is 54.1. The summed E-state index contributed by atoms with van der Waals surface area (Å²) in [7, 11) is 1.26. The van der Waals surface area contributed by atoms with E-state index in [1.165, 1.54) is 36.3 Å². The van der Waals surface area contributed by atoms with Crippen molar-refractivity contribution in [3.63, 3.8) is 0 Å². The van der Waals surface area contributed by atoms with Crippen molar-refractivity contribution in [2.24, 2.45) is 0 Å². The third-order valence-corrected chi connectivity index (χ3v) is 6.34. The Morgan fingerprint density at radius 1 is 1.24 bits per heavy atom. The lowest BCUT2D eigenvalue weighted by Gasteiger charge is -2.29. The predicted octanol–water partition coefficient (Wildman–Crippen LogP) is 4.09. The average Bonchev–Trinajstić information content (AvgIpc) is 2.90. The summed E-state index contributed by atoms with van der Waals surface area (Å²) in [4.78, 5) is 37.3. The number of nitrogens with one attached hydrogen (secondary N) is 1. The maximum Gasteiger partial charge on any atom is 0.416 e. The van der Waals surface area contributed by atoms with E-state index in [1.54, 1.807) is 6.07 Å². The molecule has 0 spiro atoms. The van der Waals surface area contributed by atoms with Crippen LogP contribution >= 0.6 is 0 Å². The van der Waals surface area contributed by atoms with Crippen molar-refractivity contribution in [1.82, 2.24) is 14.6 Å². The summed E-state index contributed by atoms with van der Waals surface area (Å²) in [6, 6.07) is 9.60. The van der Waals surface area contributed by atoms with Crippen LogP contribution in [0.1, 0.15) is 57.7 Å². The zero-order valence-corrected chi connectivity index (χ0v) is 20.5. The molecule has 0 bridgehead atoms. The van der Waals surface area contributed by atoms with Gasteiger partial charge in [-0.2, -0.15) is 18.4 Å². The van der Waals surface area contributed by atoms with Gasteiger partial charge in [0.25, 0.3) is 11.5 Å². The van der Waals surface area contributed by atoms with Gasteiger partial charge in [-0.1, -0.05) is 19.1 Å². The van der Waals surface area contributed by atoms with Gasteiger partial charge >= 0.3 is 6.18 Å². The summed E-state index contributed by atoms with van der Waals surface area (Å²) in [6.07, 6.45) is -3.77. The van der Waals surface area contributed by atoms with Crippen molar-refractivity contribution in [2.75, 3.05) is 19.0 Å². The van der Waals surface area contributed by atoms with Crippen molar-refractivity contribution in [3.05, 3.63) is 92.1 Å². The van der Waals surface area contributed by atoms with Crippen LogP contribution in [0, 0.1) is 17.1 Å². The first-order valence-electron chi connectivity index (χ1n) is 11.7. The summed E-state index contributed by atoms with van der Waals surface area (Å²) in [5, 5.41) is 12.0. The number of aromatic nitrogens is 2. The number of nitrogens with zero attached hydrogens (tertiary/aromatic N) is 4. The molecule has 4 rings (SSSR count). The molecule has 1 N–H and O–H groups in total. The minimum Gasteiger partial charge on any atom is -0.411 e. The Bertz CT molecular complexity index is 1460. The fraction of sp³-hybridized carbons (Fsp3) is 0.308. The summed E-state index contributed by atoms with van der Waals surface area (Å²) in [5.74, 6) is -1.39. The molecule has 198 valence electrons. The van der Waals surface area contributed by atoms with E-state index >= 15 is 0 Å². The van der Waals surface area contributed by atoms with E-state index in [0.29, 0.717) is 17.7 Å². The van der Waals surface area contributed by atoms with Gasteiger partial charge in [0.15, 0.2) is 0 Å². The Hall–Kier alpha value is -4.40. The van der Waals surface area contributed by atoms with Gasteiger partial charge in [-0.3, -0.25) is 9.59 Å². The fourth-order valence-electron chi connectivity index (χ4n) is 4.30. The van der Waals surface area contributed by atoms with Crippen LogP contribution in [-0.2, 0) is 19.1 Å². The van der Waals surface area contributed by atoms with E-state index < -0.39 is 35.1 Å². The maximum absolute atomic E-state index is 14.4. The zero-order chi connectivity index (χ0) is 27.6. The lowest BCUT2D eigenvalue weighted by Crippen LogP contribution is -2.42. The van der Waals surface area contributed by atoms with E-state index in [1.807, 2.05) is 6.92 Å². The van der Waals surface area contributed by atoms with E-state index in [4.69, 9.17) is 10.1 Å². The number of benzene rings is 2. The van der Waals surface area contributed by atoms with Crippen LogP contribution in [0.2, 0.25) is 0 Å². The number of halogens is 4. The van der Waals surface area contributed by atoms with Crippen molar-refractivity contribution in [3.8, 4) is 6.07 Å². The molecule has 8 nitrogen and oxygen atoms in total. The Balaban J connectivity index is 1.60. The Morgan fingerprint density at radius 2 is 1.95 bits per heavy atom. The zero-order valence-electron chi connectivity index (χ0n) is 20.5. The minimum atomic E-state index is -4.45. The molecule has 0 saturated carbocycles. The number of hydrogen-bond donors (Lipinski definition) is 1. The van der Waals surface area contributed by atoms with E-state index in [9.17, 15) is 27.2 Å². The Labute approximate surface area is 215 Å². The third kappa shape index (κ3) is 5.18. The van der Waals surface area contributed by atoms with Crippen LogP contribution in [0.15, 0.2) is 47.3 Å². The fourth-order valence-corrected chi connectivity index (χ4v) is 4.30. The Kier molecular flexibility index (Phi) is 7.39. The molecule has 12 heteroatoms. The second-order valence-electron chi connectivity index (χ2n) is 8.65. The van der Waals surface area contributed by atoms with Crippen LogP contribution in [0.3, 0.4) is 0 Å². The summed E-state index contributed by atoms with van der Waals surface area (Å²) in [6.45, 7) is 1.87. The van der Waals surface area contributed by atoms with Gasteiger partial charge < -0.3 is 15.1 Å². The number of carbonyl (C=O) groups is 1. The number of anilines is 1. The van der Waals surface area contributed by atoms with E-state index in [0.717, 1.165) is 22.9 Å². The average molecular weight is 529 g/mol. The predicted molar refractivity (Wildman–Crippen MR) is 129 cm³/mol. The number of hydrogen-bond acceptors (Lipinski definition) is 6. The molecule has 1 aliphatic rings. The highest BCUT2D eigenvalue weighted by Crippen LogP contribution is 2.31. The van der Waals surface area contributed by atoms with Crippen molar-refractivity contribution in [1.29, 1.82) is 5.26 Å². The normalized spacial score (nSPS) is 13.9. The maximum atomic E-state index is 14.4. The molecule has 38 heavy (non-hydrogen) atoms. The Morgan fingerprint density at radius 3 is 2.53 bits per heavy atom. The molecule has 0 saturated heterocycles. The molecule has 1 atom stereocenters. The van der Waals surface area contributed by atoms with Crippen LogP contribution in [0.25, 0.3) is 0 Å². The van der Waals surface area contributed by atoms with Gasteiger partial charge in [0.2, 0.25) is 5.95 Å². The highest BCUT2D eigenvalue weighted by Gasteiger charge is 2.31. The first kappa shape index (κ1) is 26.7. The molecular weight excluding hydrogens is 506 g/mol. The second-order valence-corrected chi connectivity index (χ2v) is 8.65. The van der Waals surface area contributed by atoms with Crippen molar-refractivity contribution >= 4 is 11.9 Å². The number of amides is 1. The van der Waals surface area contributed by atoms with Gasteiger partial charge in [-0.05, 0) is 42.3 Å². The topological polar surface area (TPSA) is 100 Å². The molecule has 2 heterocycles. The first-order valence-corrected chi connectivity index (χ1v) is 11.7. The quantitative estimate of drug-likeness (QED) is 0.483. The van der Waals surface area contributed by atoms with E-state index in [-0.39, 0.29) is 42.1 Å². The van der Waals surface area contributed by atoms with Gasteiger partial charge in [0.1, 0.15) is 12.9 Å². The largest absolute Gasteiger partial charge is 0.416 e. The van der Waals surface area contributed by atoms with Crippen LogP contribution in [0.4, 0.5) is 23.5 Å². The molecule has 0 aliphatic carbocycles. The van der Waals surface area contributed by atoms with Gasteiger partial charge in [0.05, 0.1) is 46.6 Å². The molecule has 1 unspecified atom stereocenters. The first-order chi connectivity index (χ1) is 18.1. The van der Waals surface area contributed by atoms with Gasteiger partial charge in [-0.25, -0.2) is 9.37 Å². The van der Waals surface area contributed by atoms with Crippen molar-refractivity contribution in [2.45, 2.75) is 38.5 Å². The molecule has 1 aromatic heterocycles. The lowest BCUT2D eigenvalue weighted by atomic mass is 10.0. The molecule has 3 aromatic rings. The highest BCUT2D eigenvalue weighted by molar-refractivity contribution is 5.94. The minimum absolute atomic E-state index is 0.0703. The molecular formula is C26H23F4N5O3. The monoisotopic (exact) mass is 529 g/mol. The number of carbonyl (C=O) groups excluding carboxylic acids is 1. The molecule has 1 aliphatic heterocycles. The number of nitriles is 1.